The van der Waals surface area contributed by atoms with Crippen molar-refractivity contribution < 1.29 is 9.53 Å². The molecule has 0 spiro atoms. The molecule has 0 bridgehead atoms. The molecule has 1 atom stereocenters. The average molecular weight is 352 g/mol. The fourth-order valence-corrected chi connectivity index (χ4v) is 3.80. The highest BCUT2D eigenvalue weighted by molar-refractivity contribution is 5.98. The van der Waals surface area contributed by atoms with Crippen LogP contribution in [0.25, 0.3) is 10.9 Å². The molecule has 1 aromatic carbocycles. The zero-order valence-corrected chi connectivity index (χ0v) is 15.0. The van der Waals surface area contributed by atoms with Gasteiger partial charge in [-0.15, -0.1) is 0 Å². The van der Waals surface area contributed by atoms with Gasteiger partial charge in [0, 0.05) is 62.3 Å². The molecule has 26 heavy (non-hydrogen) atoms. The SMILES string of the molecule is COCCn1ccnc1C1CCCN(C(=O)c2ccc3cc[nH]c3c2)C1. The molecular formula is C20H24N4O2. The Kier molecular flexibility index (Phi) is 4.75. The predicted octanol–water partition coefficient (Wildman–Crippen LogP) is 3.03. The van der Waals surface area contributed by atoms with Crippen molar-refractivity contribution in [2.45, 2.75) is 25.3 Å². The lowest BCUT2D eigenvalue weighted by molar-refractivity contribution is 0.0702. The van der Waals surface area contributed by atoms with Crippen molar-refractivity contribution in [3.05, 3.63) is 54.2 Å². The molecule has 1 fully saturated rings. The number of aromatic amines is 1. The van der Waals surface area contributed by atoms with Crippen molar-refractivity contribution in [3.8, 4) is 0 Å². The number of nitrogens with one attached hydrogen (secondary N) is 1. The maximum absolute atomic E-state index is 13.0. The molecule has 4 rings (SSSR count). The van der Waals surface area contributed by atoms with Crippen molar-refractivity contribution in [2.75, 3.05) is 26.8 Å². The summed E-state index contributed by atoms with van der Waals surface area (Å²) in [6.07, 6.45) is 7.79. The number of likely N-dealkylation sites (tertiary alicyclic amines) is 1. The molecule has 1 aliphatic rings. The number of benzene rings is 1. The summed E-state index contributed by atoms with van der Waals surface area (Å²) in [5, 5.41) is 1.12. The van der Waals surface area contributed by atoms with Gasteiger partial charge in [-0.25, -0.2) is 4.98 Å². The van der Waals surface area contributed by atoms with Crippen molar-refractivity contribution in [3.63, 3.8) is 0 Å². The molecule has 2 aromatic heterocycles. The molecule has 3 heterocycles. The third-order valence-corrected chi connectivity index (χ3v) is 5.16. The Labute approximate surface area is 152 Å². The van der Waals surface area contributed by atoms with Crippen LogP contribution in [0.4, 0.5) is 0 Å². The molecule has 136 valence electrons. The third-order valence-electron chi connectivity index (χ3n) is 5.16. The second-order valence-corrected chi connectivity index (χ2v) is 6.84. The number of aromatic nitrogens is 3. The number of imidazole rings is 1. The van der Waals surface area contributed by atoms with E-state index in [1.54, 1.807) is 7.11 Å². The maximum atomic E-state index is 13.0. The number of methoxy groups -OCH3 is 1. The minimum absolute atomic E-state index is 0.0983. The first-order valence-corrected chi connectivity index (χ1v) is 9.12. The van der Waals surface area contributed by atoms with Crippen LogP contribution in [0.5, 0.6) is 0 Å². The zero-order chi connectivity index (χ0) is 17.9. The monoisotopic (exact) mass is 352 g/mol. The minimum atomic E-state index is 0.0983. The van der Waals surface area contributed by atoms with Gasteiger partial charge in [-0.3, -0.25) is 4.79 Å². The molecule has 1 unspecified atom stereocenters. The second kappa shape index (κ2) is 7.33. The summed E-state index contributed by atoms with van der Waals surface area (Å²) in [6, 6.07) is 7.88. The lowest BCUT2D eigenvalue weighted by Crippen LogP contribution is -2.39. The van der Waals surface area contributed by atoms with E-state index in [9.17, 15) is 4.79 Å². The molecule has 6 heteroatoms. The largest absolute Gasteiger partial charge is 0.383 e. The Morgan fingerprint density at radius 1 is 1.38 bits per heavy atom. The smallest absolute Gasteiger partial charge is 0.253 e. The van der Waals surface area contributed by atoms with E-state index in [-0.39, 0.29) is 11.8 Å². The molecule has 1 N–H and O–H groups in total. The van der Waals surface area contributed by atoms with Gasteiger partial charge in [0.2, 0.25) is 0 Å². The van der Waals surface area contributed by atoms with E-state index in [0.717, 1.165) is 48.2 Å². The number of hydrogen-bond donors (Lipinski definition) is 1. The molecule has 0 saturated carbocycles. The molecule has 1 aliphatic heterocycles. The van der Waals surface area contributed by atoms with Crippen LogP contribution in [-0.4, -0.2) is 52.1 Å². The Bertz CT molecular complexity index is 898. The number of amides is 1. The first-order valence-electron chi connectivity index (χ1n) is 9.12. The molecule has 0 radical (unpaired) electrons. The van der Waals surface area contributed by atoms with Gasteiger partial charge < -0.3 is 19.2 Å². The summed E-state index contributed by atoms with van der Waals surface area (Å²) < 4.78 is 7.33. The van der Waals surface area contributed by atoms with Gasteiger partial charge in [0.1, 0.15) is 5.82 Å². The minimum Gasteiger partial charge on any atom is -0.383 e. The summed E-state index contributed by atoms with van der Waals surface area (Å²) in [7, 11) is 1.71. The third kappa shape index (κ3) is 3.24. The Morgan fingerprint density at radius 3 is 3.19 bits per heavy atom. The lowest BCUT2D eigenvalue weighted by Gasteiger charge is -2.32. The molecule has 3 aromatic rings. The normalized spacial score (nSPS) is 17.7. The Balaban J connectivity index is 1.51. The highest BCUT2D eigenvalue weighted by atomic mass is 16.5. The van der Waals surface area contributed by atoms with Gasteiger partial charge in [0.25, 0.3) is 5.91 Å². The topological polar surface area (TPSA) is 63.1 Å². The van der Waals surface area contributed by atoms with Crippen molar-refractivity contribution in [2.24, 2.45) is 0 Å². The average Bonchev–Trinajstić information content (AvgIpc) is 3.34. The fraction of sp³-hybridized carbons (Fsp3) is 0.400. The van der Waals surface area contributed by atoms with Gasteiger partial charge in [-0.05, 0) is 36.4 Å². The summed E-state index contributed by atoms with van der Waals surface area (Å²) in [5.74, 6) is 1.43. The van der Waals surface area contributed by atoms with Crippen LogP contribution in [0.3, 0.4) is 0 Å². The summed E-state index contributed by atoms with van der Waals surface area (Å²) in [4.78, 5) is 22.7. The van der Waals surface area contributed by atoms with Gasteiger partial charge in [-0.2, -0.15) is 0 Å². The van der Waals surface area contributed by atoms with E-state index in [1.165, 1.54) is 0 Å². The Hall–Kier alpha value is -2.60. The summed E-state index contributed by atoms with van der Waals surface area (Å²) in [6.45, 7) is 2.97. The van der Waals surface area contributed by atoms with Crippen LogP contribution in [0, 0.1) is 0 Å². The van der Waals surface area contributed by atoms with Gasteiger partial charge >= 0.3 is 0 Å². The van der Waals surface area contributed by atoms with Gasteiger partial charge in [0.15, 0.2) is 0 Å². The first-order chi connectivity index (χ1) is 12.8. The number of H-pyrrole nitrogens is 1. The van der Waals surface area contributed by atoms with E-state index in [1.807, 2.05) is 47.8 Å². The molecule has 1 saturated heterocycles. The number of carbonyl (C=O) groups excluding carboxylic acids is 1. The van der Waals surface area contributed by atoms with E-state index in [4.69, 9.17) is 4.74 Å². The van der Waals surface area contributed by atoms with Crippen molar-refractivity contribution in [1.82, 2.24) is 19.4 Å². The van der Waals surface area contributed by atoms with E-state index in [2.05, 4.69) is 14.5 Å². The molecule has 1 amide bonds. The number of carbonyl (C=O) groups is 1. The number of nitrogens with zero attached hydrogens (tertiary/aromatic N) is 3. The predicted molar refractivity (Wildman–Crippen MR) is 100 cm³/mol. The van der Waals surface area contributed by atoms with Gasteiger partial charge in [-0.1, -0.05) is 6.07 Å². The number of rotatable bonds is 5. The molecular weight excluding hydrogens is 328 g/mol. The Morgan fingerprint density at radius 2 is 2.31 bits per heavy atom. The standard InChI is InChI=1S/C20H24N4O2/c1-26-12-11-23-10-8-22-19(23)17-3-2-9-24(14-17)20(25)16-5-4-15-6-7-21-18(15)13-16/h4-8,10,13,17,21H,2-3,9,11-12,14H2,1H3. The zero-order valence-electron chi connectivity index (χ0n) is 15.0. The number of hydrogen-bond acceptors (Lipinski definition) is 3. The van der Waals surface area contributed by atoms with Crippen LogP contribution in [0.15, 0.2) is 42.9 Å². The van der Waals surface area contributed by atoms with Crippen LogP contribution in [-0.2, 0) is 11.3 Å². The maximum Gasteiger partial charge on any atom is 0.253 e. The van der Waals surface area contributed by atoms with E-state index < -0.39 is 0 Å². The van der Waals surface area contributed by atoms with Crippen LogP contribution < -0.4 is 0 Å². The van der Waals surface area contributed by atoms with Crippen molar-refractivity contribution in [1.29, 1.82) is 0 Å². The van der Waals surface area contributed by atoms with E-state index in [0.29, 0.717) is 13.2 Å². The highest BCUT2D eigenvalue weighted by Gasteiger charge is 2.28. The summed E-state index contributed by atoms with van der Waals surface area (Å²) >= 11 is 0. The highest BCUT2D eigenvalue weighted by Crippen LogP contribution is 2.27. The number of piperidine rings is 1. The quantitative estimate of drug-likeness (QED) is 0.768. The molecule has 0 aliphatic carbocycles. The number of fused-ring (bicyclic) bond motifs is 1. The molecule has 6 nitrogen and oxygen atoms in total. The number of ether oxygens (including phenoxy) is 1. The van der Waals surface area contributed by atoms with Crippen LogP contribution in [0.1, 0.15) is 34.9 Å². The van der Waals surface area contributed by atoms with Crippen LogP contribution in [0.2, 0.25) is 0 Å². The van der Waals surface area contributed by atoms with Crippen LogP contribution >= 0.6 is 0 Å². The fourth-order valence-electron chi connectivity index (χ4n) is 3.80. The first kappa shape index (κ1) is 16.8. The second-order valence-electron chi connectivity index (χ2n) is 6.84. The lowest BCUT2D eigenvalue weighted by atomic mass is 9.96. The summed E-state index contributed by atoms with van der Waals surface area (Å²) in [5.41, 5.74) is 1.74. The van der Waals surface area contributed by atoms with E-state index >= 15 is 0 Å². The van der Waals surface area contributed by atoms with Gasteiger partial charge in [0.05, 0.1) is 6.61 Å². The van der Waals surface area contributed by atoms with Crippen molar-refractivity contribution >= 4 is 16.8 Å².